The molecule has 0 nitrogen and oxygen atoms in total. The number of hydrogen-bond acceptors (Lipinski definition) is 0. The molecule has 0 aliphatic heterocycles. The summed E-state index contributed by atoms with van der Waals surface area (Å²) in [5, 5.41) is 0. The SMILES string of the molecule is I[CH]C1CCCCC1. The Hall–Kier alpha value is 0.730. The molecular formula is C7H12I. The third-order valence-corrected chi connectivity index (χ3v) is 2.85. The second-order valence-corrected chi connectivity index (χ2v) is 3.24. The molecule has 0 aromatic rings. The molecule has 1 aliphatic carbocycles. The van der Waals surface area contributed by atoms with Gasteiger partial charge in [-0.1, -0.05) is 41.9 Å². The molecule has 1 radical (unpaired) electrons. The molecule has 0 spiro atoms. The van der Waals surface area contributed by atoms with Crippen molar-refractivity contribution in [2.24, 2.45) is 5.92 Å². The first-order valence-electron chi connectivity index (χ1n) is 3.37. The largest absolute Gasteiger partial charge is 0.0812 e. The molecule has 1 heteroatoms. The summed E-state index contributed by atoms with van der Waals surface area (Å²) in [5.41, 5.74) is 0. The van der Waals surface area contributed by atoms with Crippen molar-refractivity contribution >= 4 is 22.6 Å². The molecule has 8 heavy (non-hydrogen) atoms. The van der Waals surface area contributed by atoms with E-state index in [0.29, 0.717) is 0 Å². The summed E-state index contributed by atoms with van der Waals surface area (Å²) < 4.78 is 2.33. The van der Waals surface area contributed by atoms with E-state index in [-0.39, 0.29) is 0 Å². The van der Waals surface area contributed by atoms with Gasteiger partial charge in [0, 0.05) is 4.43 Å². The van der Waals surface area contributed by atoms with Gasteiger partial charge in [0.1, 0.15) is 0 Å². The molecule has 1 rings (SSSR count). The Morgan fingerprint density at radius 3 is 2.12 bits per heavy atom. The average molecular weight is 223 g/mol. The fourth-order valence-corrected chi connectivity index (χ4v) is 1.98. The van der Waals surface area contributed by atoms with Crippen molar-refractivity contribution in [3.8, 4) is 0 Å². The smallest absolute Gasteiger partial charge is 0.0258 e. The van der Waals surface area contributed by atoms with Crippen LogP contribution >= 0.6 is 22.6 Å². The fourth-order valence-electron chi connectivity index (χ4n) is 1.26. The first-order valence-corrected chi connectivity index (χ1v) is 4.61. The molecular weight excluding hydrogens is 211 g/mol. The standard InChI is InChI=1S/C7H12I/c8-6-7-4-2-1-3-5-7/h6-7H,1-5H2. The maximum atomic E-state index is 2.38. The van der Waals surface area contributed by atoms with Crippen molar-refractivity contribution in [3.05, 3.63) is 4.43 Å². The van der Waals surface area contributed by atoms with Crippen LogP contribution in [-0.2, 0) is 0 Å². The zero-order valence-electron chi connectivity index (χ0n) is 5.07. The van der Waals surface area contributed by atoms with E-state index in [9.17, 15) is 0 Å². The van der Waals surface area contributed by atoms with Gasteiger partial charge in [0.2, 0.25) is 0 Å². The molecule has 0 heterocycles. The monoisotopic (exact) mass is 223 g/mol. The second-order valence-electron chi connectivity index (χ2n) is 2.52. The van der Waals surface area contributed by atoms with E-state index in [1.54, 1.807) is 0 Å². The van der Waals surface area contributed by atoms with Gasteiger partial charge in [0.15, 0.2) is 0 Å². The van der Waals surface area contributed by atoms with Gasteiger partial charge in [0.05, 0.1) is 0 Å². The highest BCUT2D eigenvalue weighted by atomic mass is 127. The molecule has 0 amide bonds. The summed E-state index contributed by atoms with van der Waals surface area (Å²) in [4.78, 5) is 0. The van der Waals surface area contributed by atoms with Gasteiger partial charge in [-0.05, 0) is 18.8 Å². The van der Waals surface area contributed by atoms with E-state index in [4.69, 9.17) is 0 Å². The molecule has 47 valence electrons. The van der Waals surface area contributed by atoms with Gasteiger partial charge < -0.3 is 0 Å². The lowest BCUT2D eigenvalue weighted by molar-refractivity contribution is 0.414. The molecule has 0 unspecified atom stereocenters. The molecule has 0 aromatic carbocycles. The molecule has 0 aromatic heterocycles. The minimum absolute atomic E-state index is 0.948. The van der Waals surface area contributed by atoms with E-state index in [1.165, 1.54) is 32.1 Å². The number of halogens is 1. The van der Waals surface area contributed by atoms with Crippen LogP contribution in [-0.4, -0.2) is 0 Å². The van der Waals surface area contributed by atoms with Crippen LogP contribution in [0.1, 0.15) is 32.1 Å². The molecule has 0 bridgehead atoms. The minimum Gasteiger partial charge on any atom is -0.0812 e. The summed E-state index contributed by atoms with van der Waals surface area (Å²) in [6, 6.07) is 0. The fraction of sp³-hybridized carbons (Fsp3) is 0.857. The van der Waals surface area contributed by atoms with Gasteiger partial charge in [-0.25, -0.2) is 0 Å². The zero-order valence-corrected chi connectivity index (χ0v) is 7.23. The normalized spacial score (nSPS) is 23.6. The third-order valence-electron chi connectivity index (χ3n) is 1.83. The maximum Gasteiger partial charge on any atom is 0.0258 e. The highest BCUT2D eigenvalue weighted by Crippen LogP contribution is 2.27. The number of hydrogen-bond donors (Lipinski definition) is 0. The van der Waals surface area contributed by atoms with Crippen molar-refractivity contribution in [2.45, 2.75) is 32.1 Å². The van der Waals surface area contributed by atoms with E-state index in [1.807, 2.05) is 0 Å². The Kier molecular flexibility index (Phi) is 3.16. The number of rotatable bonds is 1. The van der Waals surface area contributed by atoms with E-state index >= 15 is 0 Å². The highest BCUT2D eigenvalue weighted by molar-refractivity contribution is 14.1. The van der Waals surface area contributed by atoms with Gasteiger partial charge in [-0.2, -0.15) is 0 Å². The molecule has 1 saturated carbocycles. The Bertz CT molecular complexity index is 55.4. The summed E-state index contributed by atoms with van der Waals surface area (Å²) in [5.74, 6) is 0.948. The Balaban J connectivity index is 2.13. The lowest BCUT2D eigenvalue weighted by Gasteiger charge is -2.17. The van der Waals surface area contributed by atoms with Crippen molar-refractivity contribution in [3.63, 3.8) is 0 Å². The lowest BCUT2D eigenvalue weighted by Crippen LogP contribution is -2.03. The van der Waals surface area contributed by atoms with Crippen LogP contribution in [0.5, 0.6) is 0 Å². The van der Waals surface area contributed by atoms with Crippen LogP contribution in [0.3, 0.4) is 0 Å². The van der Waals surface area contributed by atoms with Gasteiger partial charge in [-0.3, -0.25) is 0 Å². The predicted octanol–water partition coefficient (Wildman–Crippen LogP) is 3.16. The van der Waals surface area contributed by atoms with Crippen molar-refractivity contribution < 1.29 is 0 Å². The highest BCUT2D eigenvalue weighted by Gasteiger charge is 2.10. The Morgan fingerprint density at radius 1 is 1.12 bits per heavy atom. The third kappa shape index (κ3) is 1.92. The van der Waals surface area contributed by atoms with Crippen LogP contribution in [0, 0.1) is 10.3 Å². The molecule has 1 fully saturated rings. The van der Waals surface area contributed by atoms with Crippen molar-refractivity contribution in [1.29, 1.82) is 0 Å². The van der Waals surface area contributed by atoms with Gasteiger partial charge >= 0.3 is 0 Å². The predicted molar refractivity (Wildman–Crippen MR) is 44.9 cm³/mol. The lowest BCUT2D eigenvalue weighted by atomic mass is 9.91. The van der Waals surface area contributed by atoms with Crippen LogP contribution in [0.2, 0.25) is 0 Å². The summed E-state index contributed by atoms with van der Waals surface area (Å²) in [6.45, 7) is 0. The van der Waals surface area contributed by atoms with E-state index in [2.05, 4.69) is 27.0 Å². The van der Waals surface area contributed by atoms with Crippen LogP contribution in [0.15, 0.2) is 0 Å². The van der Waals surface area contributed by atoms with E-state index < -0.39 is 0 Å². The first-order chi connectivity index (χ1) is 3.93. The van der Waals surface area contributed by atoms with Crippen LogP contribution < -0.4 is 0 Å². The molecule has 1 aliphatic rings. The Morgan fingerprint density at radius 2 is 1.75 bits per heavy atom. The molecule has 0 atom stereocenters. The zero-order chi connectivity index (χ0) is 5.82. The van der Waals surface area contributed by atoms with Crippen molar-refractivity contribution in [2.75, 3.05) is 0 Å². The quantitative estimate of drug-likeness (QED) is 0.599. The average Bonchev–Trinajstić information content (AvgIpc) is 1.90. The summed E-state index contributed by atoms with van der Waals surface area (Å²) in [7, 11) is 0. The minimum atomic E-state index is 0.948. The van der Waals surface area contributed by atoms with Gasteiger partial charge in [0.25, 0.3) is 0 Å². The van der Waals surface area contributed by atoms with Crippen LogP contribution in [0.4, 0.5) is 0 Å². The summed E-state index contributed by atoms with van der Waals surface area (Å²) in [6.07, 6.45) is 7.29. The maximum absolute atomic E-state index is 2.38. The van der Waals surface area contributed by atoms with Crippen molar-refractivity contribution in [1.82, 2.24) is 0 Å². The van der Waals surface area contributed by atoms with Crippen LogP contribution in [0.25, 0.3) is 0 Å². The summed E-state index contributed by atoms with van der Waals surface area (Å²) >= 11 is 2.38. The Labute approximate surface area is 65.2 Å². The molecule has 0 N–H and O–H groups in total. The molecule has 0 saturated heterocycles. The first kappa shape index (κ1) is 6.84. The van der Waals surface area contributed by atoms with E-state index in [0.717, 1.165) is 5.92 Å². The topological polar surface area (TPSA) is 0 Å². The van der Waals surface area contributed by atoms with Gasteiger partial charge in [-0.15, -0.1) is 0 Å². The second kappa shape index (κ2) is 3.70.